The van der Waals surface area contributed by atoms with Gasteiger partial charge < -0.3 is 10.6 Å². The standard InChI is InChI=1S/C14H15BrF2N4/c1-3-4-18-14-19-8(2)5-12(21-14)20-13-10(16)6-9(15)7-11(13)17/h5-7H,3-4H2,1-2H3,(H2,18,19,20,21). The molecule has 0 amide bonds. The predicted octanol–water partition coefficient (Wildman–Crippen LogP) is 4.39. The molecule has 0 spiro atoms. The Morgan fingerprint density at radius 3 is 2.43 bits per heavy atom. The fraction of sp³-hybridized carbons (Fsp3) is 0.286. The molecule has 0 aliphatic rings. The minimum absolute atomic E-state index is 0.238. The molecule has 2 rings (SSSR count). The highest BCUT2D eigenvalue weighted by Gasteiger charge is 2.12. The summed E-state index contributed by atoms with van der Waals surface area (Å²) in [7, 11) is 0. The van der Waals surface area contributed by atoms with Crippen molar-refractivity contribution >= 4 is 33.4 Å². The molecule has 0 aliphatic carbocycles. The highest BCUT2D eigenvalue weighted by molar-refractivity contribution is 9.10. The number of aromatic nitrogens is 2. The maximum Gasteiger partial charge on any atom is 0.224 e. The molecule has 1 aromatic carbocycles. The molecule has 7 heteroatoms. The SMILES string of the molecule is CCCNc1nc(C)cc(Nc2c(F)cc(Br)cc2F)n1. The van der Waals surface area contributed by atoms with Crippen molar-refractivity contribution in [3.8, 4) is 0 Å². The van der Waals surface area contributed by atoms with Crippen molar-refractivity contribution in [1.82, 2.24) is 9.97 Å². The fourth-order valence-electron chi connectivity index (χ4n) is 1.74. The molecule has 112 valence electrons. The average molecular weight is 357 g/mol. The van der Waals surface area contributed by atoms with Crippen LogP contribution in [0.3, 0.4) is 0 Å². The number of hydrogen-bond acceptors (Lipinski definition) is 4. The van der Waals surface area contributed by atoms with Gasteiger partial charge in [-0.2, -0.15) is 4.98 Å². The first-order valence-electron chi connectivity index (χ1n) is 6.50. The van der Waals surface area contributed by atoms with Crippen LogP contribution in [0.1, 0.15) is 19.0 Å². The molecule has 1 aromatic heterocycles. The third-order valence-corrected chi connectivity index (χ3v) is 3.11. The van der Waals surface area contributed by atoms with E-state index in [1.807, 2.05) is 6.92 Å². The predicted molar refractivity (Wildman–Crippen MR) is 82.9 cm³/mol. The first-order valence-corrected chi connectivity index (χ1v) is 7.30. The Morgan fingerprint density at radius 1 is 1.14 bits per heavy atom. The Morgan fingerprint density at radius 2 is 1.81 bits per heavy atom. The average Bonchev–Trinajstić information content (AvgIpc) is 2.40. The van der Waals surface area contributed by atoms with E-state index >= 15 is 0 Å². The number of nitrogens with one attached hydrogen (secondary N) is 2. The van der Waals surface area contributed by atoms with E-state index in [1.165, 1.54) is 12.1 Å². The summed E-state index contributed by atoms with van der Waals surface area (Å²) >= 11 is 3.04. The zero-order valence-corrected chi connectivity index (χ0v) is 13.3. The summed E-state index contributed by atoms with van der Waals surface area (Å²) in [6, 6.07) is 4.00. The zero-order chi connectivity index (χ0) is 15.4. The van der Waals surface area contributed by atoms with Crippen LogP contribution >= 0.6 is 15.9 Å². The molecule has 0 radical (unpaired) electrons. The van der Waals surface area contributed by atoms with E-state index in [2.05, 4.69) is 36.5 Å². The highest BCUT2D eigenvalue weighted by atomic mass is 79.9. The first-order chi connectivity index (χ1) is 9.99. The van der Waals surface area contributed by atoms with Gasteiger partial charge in [-0.15, -0.1) is 0 Å². The Labute approximate surface area is 130 Å². The molecule has 1 heterocycles. The van der Waals surface area contributed by atoms with Crippen LogP contribution in [0.15, 0.2) is 22.7 Å². The number of aryl methyl sites for hydroxylation is 1. The van der Waals surface area contributed by atoms with E-state index in [0.717, 1.165) is 13.0 Å². The molecule has 0 atom stereocenters. The number of benzene rings is 1. The first kappa shape index (κ1) is 15.6. The van der Waals surface area contributed by atoms with Crippen molar-refractivity contribution in [2.24, 2.45) is 0 Å². The van der Waals surface area contributed by atoms with Crippen molar-refractivity contribution in [2.45, 2.75) is 20.3 Å². The van der Waals surface area contributed by atoms with Gasteiger partial charge in [-0.3, -0.25) is 0 Å². The molecular formula is C14H15BrF2N4. The summed E-state index contributed by atoms with van der Waals surface area (Å²) in [5, 5.41) is 5.71. The summed E-state index contributed by atoms with van der Waals surface area (Å²) < 4.78 is 28.0. The molecule has 0 aliphatic heterocycles. The second kappa shape index (κ2) is 6.80. The van der Waals surface area contributed by atoms with Gasteiger partial charge in [0.1, 0.15) is 11.5 Å². The lowest BCUT2D eigenvalue weighted by Gasteiger charge is -2.11. The van der Waals surface area contributed by atoms with Crippen molar-refractivity contribution in [2.75, 3.05) is 17.2 Å². The minimum Gasteiger partial charge on any atom is -0.354 e. The smallest absolute Gasteiger partial charge is 0.224 e. The zero-order valence-electron chi connectivity index (χ0n) is 11.7. The summed E-state index contributed by atoms with van der Waals surface area (Å²) in [4.78, 5) is 8.41. The summed E-state index contributed by atoms with van der Waals surface area (Å²) in [5.74, 6) is -0.624. The van der Waals surface area contributed by atoms with Crippen molar-refractivity contribution in [3.05, 3.63) is 40.0 Å². The van der Waals surface area contributed by atoms with Crippen LogP contribution in [0.25, 0.3) is 0 Å². The Balaban J connectivity index is 2.29. The van der Waals surface area contributed by atoms with Crippen LogP contribution in [0.5, 0.6) is 0 Å². The Hall–Kier alpha value is -1.76. The van der Waals surface area contributed by atoms with Crippen LogP contribution in [-0.2, 0) is 0 Å². The van der Waals surface area contributed by atoms with Gasteiger partial charge in [0.25, 0.3) is 0 Å². The summed E-state index contributed by atoms with van der Waals surface area (Å²) in [6.07, 6.45) is 0.927. The van der Waals surface area contributed by atoms with Crippen LogP contribution in [0, 0.1) is 18.6 Å². The van der Waals surface area contributed by atoms with Crippen LogP contribution in [0.2, 0.25) is 0 Å². The minimum atomic E-state index is -0.693. The molecule has 2 N–H and O–H groups in total. The maximum absolute atomic E-state index is 13.8. The molecule has 0 saturated heterocycles. The van der Waals surface area contributed by atoms with E-state index in [0.29, 0.717) is 21.9 Å². The van der Waals surface area contributed by atoms with E-state index < -0.39 is 11.6 Å². The van der Waals surface area contributed by atoms with E-state index in [-0.39, 0.29) is 5.69 Å². The Kier molecular flexibility index (Phi) is 5.06. The van der Waals surface area contributed by atoms with Crippen molar-refractivity contribution in [1.29, 1.82) is 0 Å². The lowest BCUT2D eigenvalue weighted by atomic mass is 10.3. The lowest BCUT2D eigenvalue weighted by molar-refractivity contribution is 0.589. The van der Waals surface area contributed by atoms with E-state index in [1.54, 1.807) is 13.0 Å². The molecule has 0 unspecified atom stereocenters. The summed E-state index contributed by atoms with van der Waals surface area (Å²) in [6.45, 7) is 4.54. The van der Waals surface area contributed by atoms with E-state index in [4.69, 9.17) is 0 Å². The van der Waals surface area contributed by atoms with Gasteiger partial charge in [-0.25, -0.2) is 13.8 Å². The topological polar surface area (TPSA) is 49.8 Å². The number of nitrogens with zero attached hydrogens (tertiary/aromatic N) is 2. The quantitative estimate of drug-likeness (QED) is 0.833. The summed E-state index contributed by atoms with van der Waals surface area (Å²) in [5.41, 5.74) is 0.460. The van der Waals surface area contributed by atoms with Crippen molar-refractivity contribution in [3.63, 3.8) is 0 Å². The molecule has 0 bridgehead atoms. The molecular weight excluding hydrogens is 342 g/mol. The largest absolute Gasteiger partial charge is 0.354 e. The third kappa shape index (κ3) is 4.10. The fourth-order valence-corrected chi connectivity index (χ4v) is 2.14. The van der Waals surface area contributed by atoms with Gasteiger partial charge in [-0.05, 0) is 25.5 Å². The second-order valence-electron chi connectivity index (χ2n) is 4.51. The van der Waals surface area contributed by atoms with Gasteiger partial charge in [0.2, 0.25) is 5.95 Å². The highest BCUT2D eigenvalue weighted by Crippen LogP contribution is 2.26. The Bertz CT molecular complexity index is 626. The van der Waals surface area contributed by atoms with Gasteiger partial charge in [0, 0.05) is 22.8 Å². The third-order valence-electron chi connectivity index (χ3n) is 2.65. The van der Waals surface area contributed by atoms with Crippen LogP contribution in [-0.4, -0.2) is 16.5 Å². The molecule has 0 fully saturated rings. The molecule has 0 saturated carbocycles. The van der Waals surface area contributed by atoms with Crippen molar-refractivity contribution < 1.29 is 8.78 Å². The number of hydrogen-bond donors (Lipinski definition) is 2. The van der Waals surface area contributed by atoms with Gasteiger partial charge >= 0.3 is 0 Å². The van der Waals surface area contributed by atoms with Crippen LogP contribution in [0.4, 0.5) is 26.2 Å². The van der Waals surface area contributed by atoms with E-state index in [9.17, 15) is 8.78 Å². The maximum atomic E-state index is 13.8. The molecule has 4 nitrogen and oxygen atoms in total. The van der Waals surface area contributed by atoms with Gasteiger partial charge in [-0.1, -0.05) is 22.9 Å². The number of halogens is 3. The van der Waals surface area contributed by atoms with Gasteiger partial charge in [0.05, 0.1) is 0 Å². The second-order valence-corrected chi connectivity index (χ2v) is 5.43. The van der Waals surface area contributed by atoms with Gasteiger partial charge in [0.15, 0.2) is 11.6 Å². The number of rotatable bonds is 5. The molecule has 21 heavy (non-hydrogen) atoms. The lowest BCUT2D eigenvalue weighted by Crippen LogP contribution is -2.07. The number of anilines is 3. The van der Waals surface area contributed by atoms with Crippen LogP contribution < -0.4 is 10.6 Å². The normalized spacial score (nSPS) is 10.5. The monoisotopic (exact) mass is 356 g/mol. The molecule has 2 aromatic rings.